The average molecular weight is 542 g/mol. The molecule has 9 heteroatoms. The number of phenols is 1. The van der Waals surface area contributed by atoms with Crippen molar-refractivity contribution >= 4 is 23.6 Å². The summed E-state index contributed by atoms with van der Waals surface area (Å²) in [6.07, 6.45) is 0.689. The third-order valence-corrected chi connectivity index (χ3v) is 6.11. The Balaban J connectivity index is 2.51. The molecule has 0 aliphatic carbocycles. The Hall–Kier alpha value is -3.75. The van der Waals surface area contributed by atoms with E-state index in [1.54, 1.807) is 77.3 Å². The number of amides is 3. The van der Waals surface area contributed by atoms with Gasteiger partial charge >= 0.3 is 6.09 Å². The van der Waals surface area contributed by atoms with Crippen LogP contribution < -0.4 is 15.4 Å². The highest BCUT2D eigenvalue weighted by Crippen LogP contribution is 2.33. The largest absolute Gasteiger partial charge is 0.508 e. The topological polar surface area (TPSA) is 117 Å². The molecule has 2 aromatic carbocycles. The molecule has 214 valence electrons. The molecule has 0 heterocycles. The number of rotatable bonds is 11. The molecule has 0 bridgehead atoms. The van der Waals surface area contributed by atoms with Gasteiger partial charge in [-0.15, -0.1) is 0 Å². The number of carbonyl (C=O) groups excluding carboxylic acids is 3. The molecule has 9 nitrogen and oxygen atoms in total. The van der Waals surface area contributed by atoms with E-state index in [4.69, 9.17) is 9.47 Å². The number of benzene rings is 2. The Labute approximate surface area is 231 Å². The van der Waals surface area contributed by atoms with Crippen molar-refractivity contribution in [1.29, 1.82) is 0 Å². The molecule has 39 heavy (non-hydrogen) atoms. The quantitative estimate of drug-likeness (QED) is 0.339. The minimum Gasteiger partial charge on any atom is -0.508 e. The molecule has 3 amide bonds. The monoisotopic (exact) mass is 541 g/mol. The molecular formula is C30H43N3O6. The van der Waals surface area contributed by atoms with Gasteiger partial charge in [-0.1, -0.05) is 32.0 Å². The van der Waals surface area contributed by atoms with Gasteiger partial charge in [0.15, 0.2) is 0 Å². The molecule has 2 aromatic rings. The first kappa shape index (κ1) is 31.5. The predicted octanol–water partition coefficient (Wildman–Crippen LogP) is 5.65. The maximum Gasteiger partial charge on any atom is 0.408 e. The second-order valence-electron chi connectivity index (χ2n) is 11.1. The first-order chi connectivity index (χ1) is 18.2. The van der Waals surface area contributed by atoms with E-state index < -0.39 is 41.6 Å². The molecule has 0 aliphatic heterocycles. The Morgan fingerprint density at radius 2 is 1.56 bits per heavy atom. The zero-order valence-corrected chi connectivity index (χ0v) is 24.3. The molecule has 0 aliphatic rings. The number of hydrogen-bond donors (Lipinski definition) is 3. The number of phenolic OH excluding ortho intramolecular Hbond substituents is 1. The van der Waals surface area contributed by atoms with E-state index in [0.717, 1.165) is 6.42 Å². The van der Waals surface area contributed by atoms with Crippen LogP contribution in [-0.2, 0) is 14.3 Å². The lowest BCUT2D eigenvalue weighted by Crippen LogP contribution is -2.54. The van der Waals surface area contributed by atoms with Gasteiger partial charge in [0.25, 0.3) is 5.91 Å². The lowest BCUT2D eigenvalue weighted by molar-refractivity contribution is -0.143. The van der Waals surface area contributed by atoms with Crippen LogP contribution in [0, 0.1) is 5.92 Å². The summed E-state index contributed by atoms with van der Waals surface area (Å²) in [4.78, 5) is 41.8. The van der Waals surface area contributed by atoms with Crippen LogP contribution in [0.5, 0.6) is 11.5 Å². The van der Waals surface area contributed by atoms with Crippen LogP contribution in [0.15, 0.2) is 48.5 Å². The van der Waals surface area contributed by atoms with Crippen LogP contribution in [0.4, 0.5) is 10.5 Å². The third kappa shape index (κ3) is 9.50. The highest BCUT2D eigenvalue weighted by atomic mass is 16.6. The number of anilines is 1. The second-order valence-corrected chi connectivity index (χ2v) is 11.1. The number of alkyl carbamates (subject to hydrolysis) is 1. The maximum absolute atomic E-state index is 14.0. The van der Waals surface area contributed by atoms with Gasteiger partial charge in [0.05, 0.1) is 7.11 Å². The van der Waals surface area contributed by atoms with E-state index in [9.17, 15) is 19.5 Å². The van der Waals surface area contributed by atoms with Gasteiger partial charge in [0, 0.05) is 17.3 Å². The van der Waals surface area contributed by atoms with Crippen LogP contribution in [-0.4, -0.2) is 52.7 Å². The first-order valence-corrected chi connectivity index (χ1v) is 13.3. The molecule has 3 N–H and O–H groups in total. The minimum absolute atomic E-state index is 0.117. The third-order valence-electron chi connectivity index (χ3n) is 6.11. The Morgan fingerprint density at radius 1 is 0.949 bits per heavy atom. The molecule has 0 aromatic heterocycles. The number of aromatic hydroxyl groups is 1. The smallest absolute Gasteiger partial charge is 0.408 e. The van der Waals surface area contributed by atoms with Crippen molar-refractivity contribution in [3.05, 3.63) is 54.1 Å². The van der Waals surface area contributed by atoms with E-state index in [0.29, 0.717) is 23.8 Å². The van der Waals surface area contributed by atoms with E-state index in [1.807, 2.05) is 6.92 Å². The van der Waals surface area contributed by atoms with E-state index in [-0.39, 0.29) is 11.3 Å². The highest BCUT2D eigenvalue weighted by Gasteiger charge is 2.38. The molecule has 0 fully saturated rings. The van der Waals surface area contributed by atoms with Crippen molar-refractivity contribution in [3.63, 3.8) is 0 Å². The summed E-state index contributed by atoms with van der Waals surface area (Å²) in [7, 11) is 1.55. The van der Waals surface area contributed by atoms with E-state index in [1.165, 1.54) is 11.0 Å². The van der Waals surface area contributed by atoms with Crippen molar-refractivity contribution in [3.8, 4) is 11.5 Å². The maximum atomic E-state index is 14.0. The summed E-state index contributed by atoms with van der Waals surface area (Å²) >= 11 is 0. The molecule has 2 rings (SSSR count). The van der Waals surface area contributed by atoms with Crippen molar-refractivity contribution in [1.82, 2.24) is 10.2 Å². The number of nitrogens with one attached hydrogen (secondary N) is 2. The average Bonchev–Trinajstić information content (AvgIpc) is 2.85. The molecule has 3 unspecified atom stereocenters. The lowest BCUT2D eigenvalue weighted by Gasteiger charge is -2.38. The van der Waals surface area contributed by atoms with E-state index in [2.05, 4.69) is 24.5 Å². The highest BCUT2D eigenvalue weighted by molar-refractivity contribution is 5.99. The summed E-state index contributed by atoms with van der Waals surface area (Å²) in [5.74, 6) is -0.0926. The van der Waals surface area contributed by atoms with Crippen molar-refractivity contribution in [2.24, 2.45) is 5.92 Å². The Morgan fingerprint density at radius 3 is 2.10 bits per heavy atom. The number of hydrogen-bond acceptors (Lipinski definition) is 6. The van der Waals surface area contributed by atoms with Crippen molar-refractivity contribution in [2.75, 3.05) is 12.4 Å². The normalized spacial score (nSPS) is 13.7. The van der Waals surface area contributed by atoms with Crippen LogP contribution in [0.25, 0.3) is 0 Å². The van der Waals surface area contributed by atoms with Crippen LogP contribution in [0.3, 0.4) is 0 Å². The number of para-hydroxylation sites is 1. The van der Waals surface area contributed by atoms with E-state index >= 15 is 0 Å². The summed E-state index contributed by atoms with van der Waals surface area (Å²) in [5.41, 5.74) is 0.0365. The SMILES string of the molecule is COc1ccc(NC(=O)C(c2ccccc2O)N(C(=O)C(C)NC(=O)OC(C)(C)C)C(C)CCC(C)C)cc1. The van der Waals surface area contributed by atoms with Gasteiger partial charge in [0.2, 0.25) is 5.91 Å². The predicted molar refractivity (Wildman–Crippen MR) is 152 cm³/mol. The Bertz CT molecular complexity index is 1110. The fraction of sp³-hybridized carbons (Fsp3) is 0.500. The van der Waals surface area contributed by atoms with Crippen LogP contribution >= 0.6 is 0 Å². The minimum atomic E-state index is -1.18. The molecule has 3 atom stereocenters. The summed E-state index contributed by atoms with van der Waals surface area (Å²) in [6, 6.07) is 10.7. The van der Waals surface area contributed by atoms with Crippen molar-refractivity contribution < 1.29 is 29.0 Å². The molecule has 0 spiro atoms. The molecular weight excluding hydrogens is 498 g/mol. The molecule has 0 saturated heterocycles. The number of carbonyl (C=O) groups is 3. The van der Waals surface area contributed by atoms with Gasteiger partial charge in [-0.2, -0.15) is 0 Å². The standard InChI is InChI=1S/C30H43N3O6/c1-19(2)13-14-20(3)33(28(36)21(4)31-29(37)39-30(5,6)7)26(24-11-9-10-12-25(24)34)27(35)32-22-15-17-23(38-8)18-16-22/h9-12,15-21,26,34H,13-14H2,1-8H3,(H,31,37)(H,32,35). The van der Waals surface area contributed by atoms with Gasteiger partial charge in [-0.25, -0.2) is 4.79 Å². The fourth-order valence-corrected chi connectivity index (χ4v) is 4.10. The van der Waals surface area contributed by atoms with Crippen LogP contribution in [0.1, 0.15) is 72.9 Å². The zero-order valence-electron chi connectivity index (χ0n) is 24.3. The van der Waals surface area contributed by atoms with Gasteiger partial charge in [-0.05, 0) is 83.7 Å². The van der Waals surface area contributed by atoms with Gasteiger partial charge < -0.3 is 30.1 Å². The Kier molecular flexibility index (Phi) is 11.2. The summed E-state index contributed by atoms with van der Waals surface area (Å²) in [5, 5.41) is 16.3. The number of ether oxygens (including phenoxy) is 2. The molecule has 0 radical (unpaired) electrons. The van der Waals surface area contributed by atoms with Crippen molar-refractivity contribution in [2.45, 2.75) is 85.0 Å². The summed E-state index contributed by atoms with van der Waals surface area (Å²) in [6.45, 7) is 12.8. The van der Waals surface area contributed by atoms with Crippen LogP contribution in [0.2, 0.25) is 0 Å². The summed E-state index contributed by atoms with van der Waals surface area (Å²) < 4.78 is 10.5. The van der Waals surface area contributed by atoms with Gasteiger partial charge in [0.1, 0.15) is 29.2 Å². The fourth-order valence-electron chi connectivity index (χ4n) is 4.10. The second kappa shape index (κ2) is 13.9. The van der Waals surface area contributed by atoms with Gasteiger partial charge in [-0.3, -0.25) is 9.59 Å². The first-order valence-electron chi connectivity index (χ1n) is 13.3. The lowest BCUT2D eigenvalue weighted by atomic mass is 9.96. The number of nitrogens with zero attached hydrogens (tertiary/aromatic N) is 1. The number of methoxy groups -OCH3 is 1. The zero-order chi connectivity index (χ0) is 29.3. The molecule has 0 saturated carbocycles.